The Bertz CT molecular complexity index is 949. The van der Waals surface area contributed by atoms with Gasteiger partial charge in [0.25, 0.3) is 0 Å². The van der Waals surface area contributed by atoms with Crippen molar-refractivity contribution in [1.29, 1.82) is 0 Å². The van der Waals surface area contributed by atoms with Gasteiger partial charge in [0.2, 0.25) is 5.91 Å². The van der Waals surface area contributed by atoms with Gasteiger partial charge in [0.15, 0.2) is 0 Å². The van der Waals surface area contributed by atoms with E-state index >= 15 is 0 Å². The van der Waals surface area contributed by atoms with Crippen molar-refractivity contribution in [2.24, 2.45) is 11.8 Å². The molecule has 0 spiro atoms. The molecule has 2 aliphatic rings. The minimum atomic E-state index is -0.795. The fourth-order valence-corrected chi connectivity index (χ4v) is 5.32. The van der Waals surface area contributed by atoms with Crippen molar-refractivity contribution in [2.45, 2.75) is 89.4 Å². The Morgan fingerprint density at radius 1 is 0.861 bits per heavy atom. The maximum absolute atomic E-state index is 12.4. The zero-order valence-electron chi connectivity index (χ0n) is 21.6. The number of aliphatic carboxylic acids is 1. The van der Waals surface area contributed by atoms with Crippen LogP contribution < -0.4 is 34.9 Å². The van der Waals surface area contributed by atoms with E-state index in [-0.39, 0.29) is 77.4 Å². The van der Waals surface area contributed by atoms with Gasteiger partial charge in [-0.3, -0.25) is 9.59 Å². The van der Waals surface area contributed by atoms with Crippen LogP contribution in [0.25, 0.3) is 10.8 Å². The van der Waals surface area contributed by atoms with Gasteiger partial charge in [-0.15, -0.1) is 0 Å². The second kappa shape index (κ2) is 16.4. The van der Waals surface area contributed by atoms with Crippen molar-refractivity contribution in [2.75, 3.05) is 0 Å². The number of carbonyl (C=O) groups is 2. The van der Waals surface area contributed by atoms with Crippen molar-refractivity contribution < 1.29 is 59.9 Å². The fraction of sp³-hybridized carbons (Fsp3) is 0.571. The van der Waals surface area contributed by atoms with Gasteiger partial charge in [0.1, 0.15) is 0 Å². The Morgan fingerprint density at radius 3 is 1.97 bits per heavy atom. The first-order valence-corrected chi connectivity index (χ1v) is 12.7. The summed E-state index contributed by atoms with van der Waals surface area (Å²) in [6, 6.07) is 14.4. The molecule has 2 aliphatic carbocycles. The van der Waals surface area contributed by atoms with Crippen LogP contribution in [0, 0.1) is 11.8 Å². The second-order valence-electron chi connectivity index (χ2n) is 9.88. The summed E-state index contributed by atoms with van der Waals surface area (Å²) in [5.74, 6) is -0.642. The van der Waals surface area contributed by atoms with Gasteiger partial charge in [-0.2, -0.15) is 0 Å². The first kappa shape index (κ1) is 32.5. The minimum absolute atomic E-state index is 0. The molecule has 2 aromatic carbocycles. The number of benzene rings is 2. The van der Waals surface area contributed by atoms with E-state index in [0.717, 1.165) is 56.9 Å². The van der Waals surface area contributed by atoms with Crippen LogP contribution in [0.15, 0.2) is 42.5 Å². The molecule has 194 valence electrons. The van der Waals surface area contributed by atoms with Crippen LogP contribution in [0.3, 0.4) is 0 Å². The van der Waals surface area contributed by atoms with Gasteiger partial charge in [-0.1, -0.05) is 68.1 Å². The molecular formula is C28H40NNaO6. The van der Waals surface area contributed by atoms with E-state index in [0.29, 0.717) is 6.42 Å². The van der Waals surface area contributed by atoms with Crippen molar-refractivity contribution in [3.05, 3.63) is 48.0 Å². The van der Waals surface area contributed by atoms with E-state index in [9.17, 15) is 19.8 Å². The Kier molecular flexibility index (Phi) is 14.8. The maximum atomic E-state index is 12.4. The van der Waals surface area contributed by atoms with Gasteiger partial charge >= 0.3 is 35.5 Å². The summed E-state index contributed by atoms with van der Waals surface area (Å²) in [6.45, 7) is 2.02. The third-order valence-electron chi connectivity index (χ3n) is 7.29. The summed E-state index contributed by atoms with van der Waals surface area (Å²) in [7, 11) is 0. The Hall–Kier alpha value is -1.48. The molecule has 5 atom stereocenters. The molecule has 2 saturated carbocycles. The Balaban J connectivity index is 0.000000425. The number of amides is 1. The molecule has 5 N–H and O–H groups in total. The van der Waals surface area contributed by atoms with E-state index in [1.165, 1.54) is 10.8 Å². The van der Waals surface area contributed by atoms with E-state index in [1.807, 2.05) is 25.1 Å². The molecule has 36 heavy (non-hydrogen) atoms. The van der Waals surface area contributed by atoms with Crippen LogP contribution in [0.1, 0.15) is 82.7 Å². The number of hydrogen-bond donors (Lipinski definition) is 4. The molecule has 0 radical (unpaired) electrons. The van der Waals surface area contributed by atoms with Gasteiger partial charge in [-0.25, -0.2) is 0 Å². The van der Waals surface area contributed by atoms with Gasteiger partial charge in [-0.05, 0) is 60.8 Å². The van der Waals surface area contributed by atoms with Crippen molar-refractivity contribution >= 4 is 22.6 Å². The molecule has 0 aromatic heterocycles. The monoisotopic (exact) mass is 509 g/mol. The molecule has 0 unspecified atom stereocenters. The van der Waals surface area contributed by atoms with Crippen LogP contribution in [-0.2, 0) is 9.59 Å². The number of rotatable bonds is 6. The van der Waals surface area contributed by atoms with Crippen molar-refractivity contribution in [3.8, 4) is 0 Å². The first-order chi connectivity index (χ1) is 16.3. The van der Waals surface area contributed by atoms with Crippen LogP contribution in [0.4, 0.5) is 0 Å². The quantitative estimate of drug-likeness (QED) is 0.439. The summed E-state index contributed by atoms with van der Waals surface area (Å²) < 4.78 is 0. The second-order valence-corrected chi connectivity index (χ2v) is 9.88. The molecule has 8 heteroatoms. The van der Waals surface area contributed by atoms with Crippen molar-refractivity contribution in [1.82, 2.24) is 5.32 Å². The first-order valence-electron chi connectivity index (χ1n) is 12.7. The van der Waals surface area contributed by atoms with E-state index in [1.54, 1.807) is 0 Å². The summed E-state index contributed by atoms with van der Waals surface area (Å²) in [6.07, 6.45) is 7.59. The zero-order valence-corrected chi connectivity index (χ0v) is 23.6. The van der Waals surface area contributed by atoms with Crippen LogP contribution in [0.5, 0.6) is 0 Å². The molecule has 4 rings (SSSR count). The maximum Gasteiger partial charge on any atom is 1.00 e. The number of aliphatic hydroxyl groups excluding tert-OH is 2. The standard InChI is InChI=1S/C20H25NO2.C8H14O3.Na.H2O/c1-14(17-11-6-9-15-7-2-4-10-18(15)17)21-20(23)13-16-8-3-5-12-19(16)22;9-7-4-2-1-3-6(7)5-8(10)11;;/h2,4,6-7,9-11,14,16,19,22H,3,5,8,12-13H2,1H3,(H,21,23);6-7,9H,1-5H2,(H,10,11);;1H2/q;;+1;/p-1/t14-,16-,19+;6-,7+;;/m11../s1. The largest absolute Gasteiger partial charge is 1.00 e. The number of fused-ring (bicyclic) bond motifs is 1. The number of hydrogen-bond acceptors (Lipinski definition) is 5. The van der Waals surface area contributed by atoms with E-state index < -0.39 is 5.97 Å². The predicted molar refractivity (Wildman–Crippen MR) is 135 cm³/mol. The average molecular weight is 510 g/mol. The van der Waals surface area contributed by atoms with E-state index in [4.69, 9.17) is 5.11 Å². The van der Waals surface area contributed by atoms with Gasteiger partial charge in [0.05, 0.1) is 24.7 Å². The zero-order chi connectivity index (χ0) is 24.5. The summed E-state index contributed by atoms with van der Waals surface area (Å²) in [5.41, 5.74) is 1.14. The van der Waals surface area contributed by atoms with Crippen molar-refractivity contribution in [3.63, 3.8) is 0 Å². The molecule has 7 nitrogen and oxygen atoms in total. The predicted octanol–water partition coefficient (Wildman–Crippen LogP) is 1.80. The summed E-state index contributed by atoms with van der Waals surface area (Å²) in [4.78, 5) is 22.7. The van der Waals surface area contributed by atoms with Gasteiger partial charge in [0, 0.05) is 6.42 Å². The summed E-state index contributed by atoms with van der Waals surface area (Å²) in [5, 5.41) is 33.3. The average Bonchev–Trinajstić information content (AvgIpc) is 2.82. The van der Waals surface area contributed by atoms with Crippen LogP contribution >= 0.6 is 0 Å². The molecule has 2 fully saturated rings. The molecule has 0 heterocycles. The molecule has 1 amide bonds. The molecular weight excluding hydrogens is 469 g/mol. The normalized spacial score (nSPS) is 24.2. The SMILES string of the molecule is C[C@@H](NC(=O)C[C@H]1CCCC[C@@H]1O)c1cccc2ccccc12.O=C(O)C[C@H]1CCCC[C@@H]1O.[Na+].[OH-]. The molecule has 0 bridgehead atoms. The number of nitrogens with one attached hydrogen (secondary N) is 1. The smallest absolute Gasteiger partial charge is 0.870 e. The Morgan fingerprint density at radius 2 is 1.39 bits per heavy atom. The van der Waals surface area contributed by atoms with E-state index in [2.05, 4.69) is 29.6 Å². The third-order valence-corrected chi connectivity index (χ3v) is 7.29. The van der Waals surface area contributed by atoms with Crippen LogP contribution in [-0.4, -0.2) is 44.9 Å². The fourth-order valence-electron chi connectivity index (χ4n) is 5.32. The Labute approximate surface area is 236 Å². The van der Waals surface area contributed by atoms with Gasteiger partial charge < -0.3 is 26.1 Å². The number of aliphatic hydroxyl groups is 2. The molecule has 0 saturated heterocycles. The van der Waals surface area contributed by atoms with Crippen LogP contribution in [0.2, 0.25) is 0 Å². The topological polar surface area (TPSA) is 137 Å². The number of carboxylic acid groups (broad SMARTS) is 1. The molecule has 2 aromatic rings. The number of carbonyl (C=O) groups excluding carboxylic acids is 1. The molecule has 0 aliphatic heterocycles. The summed E-state index contributed by atoms with van der Waals surface area (Å²) >= 11 is 0. The third kappa shape index (κ3) is 9.77. The number of carboxylic acids is 1. The minimum Gasteiger partial charge on any atom is -0.870 e.